The first-order valence-electron chi connectivity index (χ1n) is 9.66. The van der Waals surface area contributed by atoms with E-state index in [1.165, 1.54) is 4.90 Å². The third-order valence-electron chi connectivity index (χ3n) is 4.49. The number of amides is 3. The molecule has 2 atom stereocenters. The van der Waals surface area contributed by atoms with E-state index in [1.807, 2.05) is 6.07 Å². The molecule has 0 aliphatic carbocycles. The highest BCUT2D eigenvalue weighted by Crippen LogP contribution is 2.17. The number of nitrogens with one attached hydrogen (secondary N) is 2. The summed E-state index contributed by atoms with van der Waals surface area (Å²) in [6, 6.07) is 6.44. The molecule has 1 saturated heterocycles. The first-order valence-corrected chi connectivity index (χ1v) is 9.66. The molecule has 1 unspecified atom stereocenters. The van der Waals surface area contributed by atoms with Crippen molar-refractivity contribution in [2.75, 3.05) is 19.6 Å². The molecule has 0 radical (unpaired) electrons. The molecular weight excluding hydrogens is 376 g/mol. The minimum atomic E-state index is -0.977. The van der Waals surface area contributed by atoms with E-state index >= 15 is 0 Å². The minimum Gasteiger partial charge on any atom is -0.465 e. The van der Waals surface area contributed by atoms with Crippen LogP contribution in [-0.4, -0.2) is 59.4 Å². The van der Waals surface area contributed by atoms with Crippen molar-refractivity contribution in [3.8, 4) is 0 Å². The maximum absolute atomic E-state index is 12.5. The van der Waals surface area contributed by atoms with E-state index in [2.05, 4.69) is 10.6 Å². The molecule has 2 rings (SSSR count). The lowest BCUT2D eigenvalue weighted by atomic mass is 10.0. The van der Waals surface area contributed by atoms with E-state index in [-0.39, 0.29) is 24.5 Å². The van der Waals surface area contributed by atoms with Gasteiger partial charge in [-0.15, -0.1) is 0 Å². The number of ether oxygens (including phenoxy) is 1. The number of alkyl carbamates (subject to hydrolysis) is 1. The zero-order valence-corrected chi connectivity index (χ0v) is 17.1. The fourth-order valence-corrected chi connectivity index (χ4v) is 3.04. The minimum absolute atomic E-state index is 0.200. The van der Waals surface area contributed by atoms with Gasteiger partial charge in [-0.3, -0.25) is 4.79 Å². The van der Waals surface area contributed by atoms with Crippen LogP contribution in [0.4, 0.5) is 9.59 Å². The summed E-state index contributed by atoms with van der Waals surface area (Å²) in [5.74, 6) is -0.261. The Hall–Kier alpha value is -2.81. The summed E-state index contributed by atoms with van der Waals surface area (Å²) in [7, 11) is 0. The molecule has 29 heavy (non-hydrogen) atoms. The summed E-state index contributed by atoms with van der Waals surface area (Å²) < 4.78 is 5.18. The largest absolute Gasteiger partial charge is 0.465 e. The summed E-state index contributed by atoms with van der Waals surface area (Å²) in [5, 5.41) is 14.5. The lowest BCUT2D eigenvalue weighted by molar-refractivity contribution is 0.0526. The van der Waals surface area contributed by atoms with Crippen LogP contribution in [0.25, 0.3) is 0 Å². The molecule has 160 valence electrons. The van der Waals surface area contributed by atoms with E-state index in [0.29, 0.717) is 31.5 Å². The molecule has 1 fully saturated rings. The smallest absolute Gasteiger partial charge is 0.407 e. The Morgan fingerprint density at radius 1 is 1.34 bits per heavy atom. The lowest BCUT2D eigenvalue weighted by Crippen LogP contribution is -2.38. The van der Waals surface area contributed by atoms with Crippen LogP contribution in [0.5, 0.6) is 0 Å². The normalized spacial score (nSPS) is 17.5. The molecule has 0 bridgehead atoms. The number of carbonyl (C=O) groups excluding carboxylic acids is 2. The van der Waals surface area contributed by atoms with E-state index in [9.17, 15) is 14.4 Å². The van der Waals surface area contributed by atoms with Crippen LogP contribution in [0, 0.1) is 0 Å². The Labute approximate surface area is 170 Å². The molecule has 0 aromatic heterocycles. The van der Waals surface area contributed by atoms with Gasteiger partial charge in [0, 0.05) is 37.3 Å². The molecule has 1 aromatic carbocycles. The van der Waals surface area contributed by atoms with Crippen molar-refractivity contribution in [1.29, 1.82) is 0 Å². The first-order chi connectivity index (χ1) is 13.5. The molecule has 1 aliphatic rings. The van der Waals surface area contributed by atoms with Crippen molar-refractivity contribution in [2.24, 2.45) is 5.73 Å². The summed E-state index contributed by atoms with van der Waals surface area (Å²) in [4.78, 5) is 36.5. The fourth-order valence-electron chi connectivity index (χ4n) is 3.04. The van der Waals surface area contributed by atoms with Crippen LogP contribution in [0.15, 0.2) is 24.3 Å². The number of hydrogen-bond acceptors (Lipinski definition) is 5. The van der Waals surface area contributed by atoms with Gasteiger partial charge in [0.2, 0.25) is 0 Å². The Morgan fingerprint density at radius 2 is 2.07 bits per heavy atom. The van der Waals surface area contributed by atoms with Gasteiger partial charge in [-0.25, -0.2) is 9.59 Å². The Bertz CT molecular complexity index is 747. The number of nitrogens with zero attached hydrogens (tertiary/aromatic N) is 1. The Morgan fingerprint density at radius 3 is 2.69 bits per heavy atom. The van der Waals surface area contributed by atoms with Crippen LogP contribution >= 0.6 is 0 Å². The molecule has 9 heteroatoms. The van der Waals surface area contributed by atoms with Crippen LogP contribution in [0.2, 0.25) is 0 Å². The van der Waals surface area contributed by atoms with Crippen LogP contribution in [-0.2, 0) is 4.74 Å². The molecule has 0 spiro atoms. The number of carboxylic acid groups (broad SMARTS) is 1. The van der Waals surface area contributed by atoms with Gasteiger partial charge in [-0.1, -0.05) is 12.1 Å². The van der Waals surface area contributed by atoms with Gasteiger partial charge in [0.05, 0.1) is 0 Å². The number of nitrogens with two attached hydrogens (primary N) is 1. The van der Waals surface area contributed by atoms with Gasteiger partial charge >= 0.3 is 12.2 Å². The highest BCUT2D eigenvalue weighted by atomic mass is 16.6. The van der Waals surface area contributed by atoms with E-state index in [4.69, 9.17) is 15.6 Å². The third-order valence-corrected chi connectivity index (χ3v) is 4.49. The van der Waals surface area contributed by atoms with Crippen molar-refractivity contribution in [3.63, 3.8) is 0 Å². The second-order valence-electron chi connectivity index (χ2n) is 8.14. The van der Waals surface area contributed by atoms with E-state index < -0.39 is 17.8 Å². The SMILES string of the molecule is CC(C)(C)OC(=O)NCC[C@@H](N)c1cccc(C(=O)NC2CCN(C(=O)O)C2)c1. The van der Waals surface area contributed by atoms with E-state index in [1.54, 1.807) is 39.0 Å². The quantitative estimate of drug-likeness (QED) is 0.571. The molecule has 9 nitrogen and oxygen atoms in total. The van der Waals surface area contributed by atoms with Gasteiger partial charge in [0.15, 0.2) is 0 Å². The molecule has 1 aliphatic heterocycles. The number of carbonyl (C=O) groups is 3. The van der Waals surface area contributed by atoms with Gasteiger partial charge in [-0.05, 0) is 51.3 Å². The van der Waals surface area contributed by atoms with Crippen LogP contribution in [0.3, 0.4) is 0 Å². The topological polar surface area (TPSA) is 134 Å². The van der Waals surface area contributed by atoms with E-state index in [0.717, 1.165) is 5.56 Å². The second kappa shape index (κ2) is 9.60. The second-order valence-corrected chi connectivity index (χ2v) is 8.14. The van der Waals surface area contributed by atoms with Crippen molar-refractivity contribution in [2.45, 2.75) is 51.3 Å². The molecule has 0 saturated carbocycles. The van der Waals surface area contributed by atoms with Gasteiger partial charge in [0.1, 0.15) is 5.60 Å². The average molecular weight is 406 g/mol. The summed E-state index contributed by atoms with van der Waals surface area (Å²) in [6.45, 7) is 6.42. The van der Waals surface area contributed by atoms with Gasteiger partial charge < -0.3 is 31.1 Å². The first kappa shape index (κ1) is 22.5. The highest BCUT2D eigenvalue weighted by molar-refractivity contribution is 5.94. The van der Waals surface area contributed by atoms with Gasteiger partial charge in [-0.2, -0.15) is 0 Å². The van der Waals surface area contributed by atoms with Gasteiger partial charge in [0.25, 0.3) is 5.91 Å². The molecule has 3 amide bonds. The number of likely N-dealkylation sites (tertiary alicyclic amines) is 1. The fraction of sp³-hybridized carbons (Fsp3) is 0.550. The predicted molar refractivity (Wildman–Crippen MR) is 108 cm³/mol. The zero-order valence-electron chi connectivity index (χ0n) is 17.1. The summed E-state index contributed by atoms with van der Waals surface area (Å²) in [5.41, 5.74) is 6.88. The number of rotatable bonds is 6. The third kappa shape index (κ3) is 7.26. The van der Waals surface area contributed by atoms with Crippen molar-refractivity contribution in [3.05, 3.63) is 35.4 Å². The lowest BCUT2D eigenvalue weighted by Gasteiger charge is -2.20. The summed E-state index contributed by atoms with van der Waals surface area (Å²) in [6.07, 6.45) is -0.395. The molecule has 5 N–H and O–H groups in total. The zero-order chi connectivity index (χ0) is 21.6. The maximum Gasteiger partial charge on any atom is 0.407 e. The molecule has 1 aromatic rings. The maximum atomic E-state index is 12.5. The Kier molecular flexibility index (Phi) is 7.44. The van der Waals surface area contributed by atoms with Crippen LogP contribution < -0.4 is 16.4 Å². The highest BCUT2D eigenvalue weighted by Gasteiger charge is 2.27. The summed E-state index contributed by atoms with van der Waals surface area (Å²) >= 11 is 0. The monoisotopic (exact) mass is 406 g/mol. The molecular formula is C20H30N4O5. The number of hydrogen-bond donors (Lipinski definition) is 4. The Balaban J connectivity index is 1.85. The van der Waals surface area contributed by atoms with Crippen LogP contribution in [0.1, 0.15) is 55.6 Å². The van der Waals surface area contributed by atoms with Crippen molar-refractivity contribution >= 4 is 18.1 Å². The van der Waals surface area contributed by atoms with Crippen molar-refractivity contribution in [1.82, 2.24) is 15.5 Å². The predicted octanol–water partition coefficient (Wildman–Crippen LogP) is 2.08. The molecule has 1 heterocycles. The number of benzene rings is 1. The van der Waals surface area contributed by atoms with Crippen molar-refractivity contribution < 1.29 is 24.2 Å². The average Bonchev–Trinajstić information content (AvgIpc) is 3.09. The standard InChI is InChI=1S/C20H30N4O5/c1-20(2,3)29-18(26)22-9-7-16(21)13-5-4-6-14(11-13)17(25)23-15-8-10-24(12-15)19(27)28/h4-6,11,15-16H,7-10,12,21H2,1-3H3,(H,22,26)(H,23,25)(H,27,28)/t15?,16-/m1/s1.